The zero-order chi connectivity index (χ0) is 14.1. The monoisotopic (exact) mass is 288 g/mol. The summed E-state index contributed by atoms with van der Waals surface area (Å²) in [5.74, 6) is 0.569. The molecule has 2 aromatic heterocycles. The topological polar surface area (TPSA) is 65.4 Å². The van der Waals surface area contributed by atoms with Gasteiger partial charge in [0.05, 0.1) is 29.2 Å². The quantitative estimate of drug-likeness (QED) is 0.752. The average molecular weight is 289 g/mol. The van der Waals surface area contributed by atoms with Crippen LogP contribution in [0.5, 0.6) is 5.88 Å². The fourth-order valence-corrected chi connectivity index (χ4v) is 2.05. The minimum Gasteiger partial charge on any atom is -0.477 e. The van der Waals surface area contributed by atoms with Gasteiger partial charge in [-0.3, -0.25) is 0 Å². The Balaban J connectivity index is 2.05. The largest absolute Gasteiger partial charge is 0.477 e. The SMILES string of the molecule is CCOc1ccc2nc(-c3ccc(Cl)c(N)c3)cn2n1. The Hall–Kier alpha value is -2.27. The van der Waals surface area contributed by atoms with Crippen molar-refractivity contribution in [2.75, 3.05) is 12.3 Å². The van der Waals surface area contributed by atoms with Crippen molar-refractivity contribution >= 4 is 22.9 Å². The van der Waals surface area contributed by atoms with E-state index >= 15 is 0 Å². The molecule has 5 nitrogen and oxygen atoms in total. The predicted octanol–water partition coefficient (Wildman–Crippen LogP) is 3.03. The van der Waals surface area contributed by atoms with E-state index in [1.807, 2.05) is 25.3 Å². The summed E-state index contributed by atoms with van der Waals surface area (Å²) in [6.07, 6.45) is 1.83. The summed E-state index contributed by atoms with van der Waals surface area (Å²) in [6, 6.07) is 9.10. The van der Waals surface area contributed by atoms with Crippen molar-refractivity contribution in [1.29, 1.82) is 0 Å². The van der Waals surface area contributed by atoms with Gasteiger partial charge in [-0.15, -0.1) is 5.10 Å². The van der Waals surface area contributed by atoms with Crippen LogP contribution in [-0.2, 0) is 0 Å². The van der Waals surface area contributed by atoms with Crippen molar-refractivity contribution in [3.05, 3.63) is 41.6 Å². The van der Waals surface area contributed by atoms with Crippen LogP contribution in [0.15, 0.2) is 36.5 Å². The summed E-state index contributed by atoms with van der Waals surface area (Å²) in [6.45, 7) is 2.50. The summed E-state index contributed by atoms with van der Waals surface area (Å²) < 4.78 is 7.05. The summed E-state index contributed by atoms with van der Waals surface area (Å²) in [4.78, 5) is 4.50. The Morgan fingerprint density at radius 2 is 2.15 bits per heavy atom. The first-order valence-corrected chi connectivity index (χ1v) is 6.60. The zero-order valence-corrected chi connectivity index (χ0v) is 11.6. The van der Waals surface area contributed by atoms with Gasteiger partial charge in [-0.2, -0.15) is 0 Å². The highest BCUT2D eigenvalue weighted by Crippen LogP contribution is 2.26. The Bertz CT molecular complexity index is 769. The Morgan fingerprint density at radius 3 is 2.90 bits per heavy atom. The van der Waals surface area contributed by atoms with Crippen molar-refractivity contribution in [2.24, 2.45) is 0 Å². The van der Waals surface area contributed by atoms with Crippen molar-refractivity contribution in [3.63, 3.8) is 0 Å². The van der Waals surface area contributed by atoms with E-state index in [1.165, 1.54) is 0 Å². The van der Waals surface area contributed by atoms with Crippen molar-refractivity contribution in [3.8, 4) is 17.1 Å². The standard InChI is InChI=1S/C14H13ClN4O/c1-2-20-14-6-5-13-17-12(8-19(13)18-14)9-3-4-10(15)11(16)7-9/h3-8H,2,16H2,1H3. The molecule has 6 heteroatoms. The van der Waals surface area contributed by atoms with Crippen molar-refractivity contribution in [2.45, 2.75) is 6.92 Å². The first-order valence-electron chi connectivity index (χ1n) is 6.22. The molecule has 0 amide bonds. The van der Waals surface area contributed by atoms with Gasteiger partial charge in [-0.05, 0) is 25.1 Å². The maximum atomic E-state index is 5.92. The Labute approximate surface area is 121 Å². The van der Waals surface area contributed by atoms with Crippen LogP contribution in [0.25, 0.3) is 16.9 Å². The lowest BCUT2D eigenvalue weighted by Crippen LogP contribution is -1.98. The number of nitrogen functional groups attached to an aromatic ring is 1. The highest BCUT2D eigenvalue weighted by Gasteiger charge is 2.07. The summed E-state index contributed by atoms with van der Waals surface area (Å²) in [7, 11) is 0. The minimum atomic E-state index is 0.532. The number of halogens is 1. The molecule has 0 radical (unpaired) electrons. The fraction of sp³-hybridized carbons (Fsp3) is 0.143. The molecule has 0 unspecified atom stereocenters. The Morgan fingerprint density at radius 1 is 1.30 bits per heavy atom. The van der Waals surface area contributed by atoms with E-state index in [0.717, 1.165) is 16.9 Å². The third-order valence-electron chi connectivity index (χ3n) is 2.88. The summed E-state index contributed by atoms with van der Waals surface area (Å²) >= 11 is 5.92. The number of anilines is 1. The van der Waals surface area contributed by atoms with Gasteiger partial charge in [0, 0.05) is 11.6 Å². The lowest BCUT2D eigenvalue weighted by Gasteiger charge is -2.00. The summed E-state index contributed by atoms with van der Waals surface area (Å²) in [5.41, 5.74) is 8.78. The van der Waals surface area contributed by atoms with Crippen LogP contribution in [0.1, 0.15) is 6.92 Å². The number of hydrogen-bond acceptors (Lipinski definition) is 4. The first-order chi connectivity index (χ1) is 9.67. The van der Waals surface area contributed by atoms with E-state index in [0.29, 0.717) is 23.2 Å². The fourth-order valence-electron chi connectivity index (χ4n) is 1.93. The first kappa shape index (κ1) is 12.7. The maximum absolute atomic E-state index is 5.92. The molecule has 3 rings (SSSR count). The Kier molecular flexibility index (Phi) is 3.20. The van der Waals surface area contributed by atoms with Crippen molar-refractivity contribution in [1.82, 2.24) is 14.6 Å². The third-order valence-corrected chi connectivity index (χ3v) is 3.22. The van der Waals surface area contributed by atoms with E-state index in [2.05, 4.69) is 10.1 Å². The number of benzene rings is 1. The number of imidazole rings is 1. The van der Waals surface area contributed by atoms with Gasteiger partial charge in [0.1, 0.15) is 0 Å². The lowest BCUT2D eigenvalue weighted by atomic mass is 10.1. The third kappa shape index (κ3) is 2.28. The van der Waals surface area contributed by atoms with Gasteiger partial charge in [0.2, 0.25) is 5.88 Å². The number of hydrogen-bond donors (Lipinski definition) is 1. The molecule has 0 saturated heterocycles. The highest BCUT2D eigenvalue weighted by atomic mass is 35.5. The number of fused-ring (bicyclic) bond motifs is 1. The van der Waals surface area contributed by atoms with Crippen LogP contribution in [0.2, 0.25) is 5.02 Å². The molecule has 0 aliphatic rings. The second kappa shape index (κ2) is 5.02. The molecule has 20 heavy (non-hydrogen) atoms. The number of nitrogens with two attached hydrogens (primary N) is 1. The van der Waals surface area contributed by atoms with E-state index < -0.39 is 0 Å². The van der Waals surface area contributed by atoms with Crippen molar-refractivity contribution < 1.29 is 4.74 Å². The molecular formula is C14H13ClN4O. The van der Waals surface area contributed by atoms with Gasteiger partial charge in [0.25, 0.3) is 0 Å². The molecule has 2 heterocycles. The molecule has 0 saturated carbocycles. The zero-order valence-electron chi connectivity index (χ0n) is 10.9. The van der Waals surface area contributed by atoms with Crippen LogP contribution in [0.4, 0.5) is 5.69 Å². The second-order valence-electron chi connectivity index (χ2n) is 4.27. The van der Waals surface area contributed by atoms with Crippen LogP contribution in [-0.4, -0.2) is 21.2 Å². The number of ether oxygens (including phenoxy) is 1. The minimum absolute atomic E-state index is 0.532. The highest BCUT2D eigenvalue weighted by molar-refractivity contribution is 6.33. The molecule has 0 atom stereocenters. The molecular weight excluding hydrogens is 276 g/mol. The van der Waals surface area contributed by atoms with Gasteiger partial charge in [0.15, 0.2) is 5.65 Å². The number of rotatable bonds is 3. The second-order valence-corrected chi connectivity index (χ2v) is 4.68. The van der Waals surface area contributed by atoms with E-state index in [9.17, 15) is 0 Å². The van der Waals surface area contributed by atoms with Crippen LogP contribution in [0, 0.1) is 0 Å². The van der Waals surface area contributed by atoms with Gasteiger partial charge >= 0.3 is 0 Å². The van der Waals surface area contributed by atoms with Crippen LogP contribution in [0.3, 0.4) is 0 Å². The number of aromatic nitrogens is 3. The average Bonchev–Trinajstić information content (AvgIpc) is 2.85. The van der Waals surface area contributed by atoms with E-state index in [1.54, 1.807) is 22.7 Å². The lowest BCUT2D eigenvalue weighted by molar-refractivity contribution is 0.321. The number of nitrogens with zero attached hydrogens (tertiary/aromatic N) is 3. The van der Waals surface area contributed by atoms with Gasteiger partial charge in [-0.1, -0.05) is 17.7 Å². The molecule has 0 aliphatic carbocycles. The van der Waals surface area contributed by atoms with Crippen LogP contribution < -0.4 is 10.5 Å². The van der Waals surface area contributed by atoms with E-state index in [-0.39, 0.29) is 0 Å². The molecule has 3 aromatic rings. The van der Waals surface area contributed by atoms with Gasteiger partial charge in [-0.25, -0.2) is 9.50 Å². The van der Waals surface area contributed by atoms with Crippen LogP contribution >= 0.6 is 11.6 Å². The molecule has 2 N–H and O–H groups in total. The van der Waals surface area contributed by atoms with Gasteiger partial charge < -0.3 is 10.5 Å². The molecule has 0 aliphatic heterocycles. The normalized spacial score (nSPS) is 10.9. The molecule has 0 fully saturated rings. The molecule has 1 aromatic carbocycles. The molecule has 0 spiro atoms. The predicted molar refractivity (Wildman–Crippen MR) is 79.0 cm³/mol. The molecule has 0 bridgehead atoms. The summed E-state index contributed by atoms with van der Waals surface area (Å²) in [5, 5.41) is 4.86. The maximum Gasteiger partial charge on any atom is 0.231 e. The molecule has 102 valence electrons. The van der Waals surface area contributed by atoms with E-state index in [4.69, 9.17) is 22.1 Å². The smallest absolute Gasteiger partial charge is 0.231 e.